The number of likely N-dealkylation sites (tertiary alicyclic amines) is 1. The third kappa shape index (κ3) is 5.25. The van der Waals surface area contributed by atoms with E-state index in [1.165, 1.54) is 29.8 Å². The third-order valence-electron chi connectivity index (χ3n) is 6.21. The van der Waals surface area contributed by atoms with Gasteiger partial charge in [0.2, 0.25) is 0 Å². The van der Waals surface area contributed by atoms with Gasteiger partial charge in [-0.3, -0.25) is 9.69 Å². The van der Waals surface area contributed by atoms with E-state index in [1.807, 2.05) is 30.9 Å². The Morgan fingerprint density at radius 1 is 1.03 bits per heavy atom. The monoisotopic (exact) mass is 454 g/mol. The van der Waals surface area contributed by atoms with Crippen molar-refractivity contribution in [3.8, 4) is 0 Å². The quantitative estimate of drug-likeness (QED) is 0.451. The summed E-state index contributed by atoms with van der Waals surface area (Å²) in [7, 11) is 0. The molecule has 1 fully saturated rings. The van der Waals surface area contributed by atoms with Crippen molar-refractivity contribution >= 4 is 17.2 Å². The van der Waals surface area contributed by atoms with Crippen LogP contribution < -0.4 is 0 Å². The zero-order chi connectivity index (χ0) is 22.7. The lowest BCUT2D eigenvalue weighted by Gasteiger charge is -2.32. The summed E-state index contributed by atoms with van der Waals surface area (Å²) < 4.78 is 26.9. The average Bonchev–Trinajstić information content (AvgIpc) is 3.42. The summed E-state index contributed by atoms with van der Waals surface area (Å²) in [6, 6.07) is 14.6. The molecule has 0 radical (unpaired) electrons. The van der Waals surface area contributed by atoms with Gasteiger partial charge in [-0.15, -0.1) is 0 Å². The summed E-state index contributed by atoms with van der Waals surface area (Å²) in [5.74, 6) is -0.265. The number of benzene rings is 2. The van der Waals surface area contributed by atoms with Crippen LogP contribution in [0.2, 0.25) is 0 Å². The largest absolute Gasteiger partial charge is 0.336 e. The summed E-state index contributed by atoms with van der Waals surface area (Å²) in [6.45, 7) is 7.20. The molecule has 3 nitrogen and oxygen atoms in total. The van der Waals surface area contributed by atoms with E-state index in [0.717, 1.165) is 25.2 Å². The number of halogens is 2. The lowest BCUT2D eigenvalue weighted by atomic mass is 9.88. The molecule has 1 amide bonds. The molecule has 6 heteroatoms. The topological polar surface area (TPSA) is 23.6 Å². The van der Waals surface area contributed by atoms with E-state index in [-0.39, 0.29) is 35.4 Å². The van der Waals surface area contributed by atoms with Gasteiger partial charge in [0.05, 0.1) is 0 Å². The Morgan fingerprint density at radius 3 is 2.28 bits per heavy atom. The predicted molar refractivity (Wildman–Crippen MR) is 125 cm³/mol. The minimum atomic E-state index is -0.353. The molecule has 1 aromatic heterocycles. The highest BCUT2D eigenvalue weighted by molar-refractivity contribution is 7.07. The molecule has 3 aromatic rings. The van der Waals surface area contributed by atoms with E-state index in [2.05, 4.69) is 21.7 Å². The highest BCUT2D eigenvalue weighted by Crippen LogP contribution is 2.35. The van der Waals surface area contributed by atoms with Gasteiger partial charge in [-0.05, 0) is 84.1 Å². The Labute approximate surface area is 192 Å². The van der Waals surface area contributed by atoms with Gasteiger partial charge in [0.25, 0.3) is 5.91 Å². The number of hydrogen-bond acceptors (Lipinski definition) is 3. The number of thiophene rings is 1. The van der Waals surface area contributed by atoms with Crippen LogP contribution in [0.1, 0.15) is 41.3 Å². The van der Waals surface area contributed by atoms with Crippen LogP contribution in [0, 0.1) is 17.6 Å². The fourth-order valence-electron chi connectivity index (χ4n) is 4.54. The van der Waals surface area contributed by atoms with Crippen molar-refractivity contribution in [3.63, 3.8) is 0 Å². The van der Waals surface area contributed by atoms with E-state index in [9.17, 15) is 13.6 Å². The van der Waals surface area contributed by atoms with Crippen LogP contribution in [0.3, 0.4) is 0 Å². The number of amides is 1. The normalized spacial score (nSPS) is 18.9. The molecule has 0 spiro atoms. The van der Waals surface area contributed by atoms with Crippen LogP contribution in [0.4, 0.5) is 8.78 Å². The highest BCUT2D eigenvalue weighted by Gasteiger charge is 2.36. The maximum absolute atomic E-state index is 13.5. The summed E-state index contributed by atoms with van der Waals surface area (Å²) >= 11 is 1.69. The average molecular weight is 455 g/mol. The standard InChI is InChI=1S/C26H28F2N2OS/c1-18(2)30(26(31)21-5-9-24(28)10-6-21)15-22-14-29(13-19-11-12-32-17-19)16-25(22)20-3-7-23(27)8-4-20/h3-12,17-18,22,25H,13-16H2,1-2H3/t22-,25+/m1/s1. The van der Waals surface area contributed by atoms with Crippen molar-refractivity contribution in [2.75, 3.05) is 19.6 Å². The highest BCUT2D eigenvalue weighted by atomic mass is 32.1. The fraction of sp³-hybridized carbons (Fsp3) is 0.346. The summed E-state index contributed by atoms with van der Waals surface area (Å²) in [6.07, 6.45) is 0. The maximum atomic E-state index is 13.5. The van der Waals surface area contributed by atoms with Crippen molar-refractivity contribution < 1.29 is 13.6 Å². The molecule has 0 aliphatic carbocycles. The molecule has 0 saturated carbocycles. The zero-order valence-electron chi connectivity index (χ0n) is 18.4. The van der Waals surface area contributed by atoms with Crippen molar-refractivity contribution in [2.45, 2.75) is 32.4 Å². The first-order valence-electron chi connectivity index (χ1n) is 11.0. The van der Waals surface area contributed by atoms with E-state index >= 15 is 0 Å². The van der Waals surface area contributed by atoms with Gasteiger partial charge in [0, 0.05) is 43.7 Å². The molecule has 2 heterocycles. The molecule has 1 saturated heterocycles. The molecule has 32 heavy (non-hydrogen) atoms. The molecule has 168 valence electrons. The van der Waals surface area contributed by atoms with Gasteiger partial charge in [-0.25, -0.2) is 8.78 Å². The Kier molecular flexibility index (Phi) is 7.01. The summed E-state index contributed by atoms with van der Waals surface area (Å²) in [5.41, 5.74) is 2.88. The molecular formula is C26H28F2N2OS. The Bertz CT molecular complexity index is 1020. The summed E-state index contributed by atoms with van der Waals surface area (Å²) in [5, 5.41) is 4.25. The Hall–Kier alpha value is -2.57. The van der Waals surface area contributed by atoms with Gasteiger partial charge in [0.1, 0.15) is 11.6 Å². The smallest absolute Gasteiger partial charge is 0.254 e. The predicted octanol–water partition coefficient (Wildman–Crippen LogP) is 5.79. The van der Waals surface area contributed by atoms with Crippen LogP contribution in [0.15, 0.2) is 65.4 Å². The molecule has 2 aromatic carbocycles. The SMILES string of the molecule is CC(C)N(C[C@H]1CN(Cc2ccsc2)C[C@H]1c1ccc(F)cc1)C(=O)c1ccc(F)cc1. The molecule has 2 atom stereocenters. The van der Waals surface area contributed by atoms with E-state index in [0.29, 0.717) is 12.1 Å². The van der Waals surface area contributed by atoms with Gasteiger partial charge in [-0.1, -0.05) is 12.1 Å². The molecule has 0 N–H and O–H groups in total. The number of rotatable bonds is 7. The number of carbonyl (C=O) groups is 1. The van der Waals surface area contributed by atoms with Crippen LogP contribution in [-0.4, -0.2) is 41.4 Å². The fourth-order valence-corrected chi connectivity index (χ4v) is 5.20. The van der Waals surface area contributed by atoms with Crippen LogP contribution in [-0.2, 0) is 6.54 Å². The lowest BCUT2D eigenvalue weighted by molar-refractivity contribution is 0.0668. The van der Waals surface area contributed by atoms with Gasteiger partial charge >= 0.3 is 0 Å². The van der Waals surface area contributed by atoms with Crippen molar-refractivity contribution in [3.05, 3.63) is 93.7 Å². The van der Waals surface area contributed by atoms with Gasteiger partial charge < -0.3 is 4.90 Å². The first-order chi connectivity index (χ1) is 15.4. The number of carbonyl (C=O) groups excluding carboxylic acids is 1. The van der Waals surface area contributed by atoms with E-state index in [1.54, 1.807) is 23.5 Å². The third-order valence-corrected chi connectivity index (χ3v) is 6.94. The van der Waals surface area contributed by atoms with Crippen molar-refractivity contribution in [1.82, 2.24) is 9.80 Å². The summed E-state index contributed by atoms with van der Waals surface area (Å²) in [4.78, 5) is 17.5. The second-order valence-electron chi connectivity index (χ2n) is 8.80. The second-order valence-corrected chi connectivity index (χ2v) is 9.58. The second kappa shape index (κ2) is 9.92. The van der Waals surface area contributed by atoms with E-state index < -0.39 is 0 Å². The van der Waals surface area contributed by atoms with Crippen LogP contribution >= 0.6 is 11.3 Å². The molecule has 1 aliphatic rings. The molecule has 0 bridgehead atoms. The number of nitrogens with zero attached hydrogens (tertiary/aromatic N) is 2. The Morgan fingerprint density at radius 2 is 1.69 bits per heavy atom. The minimum Gasteiger partial charge on any atom is -0.336 e. The maximum Gasteiger partial charge on any atom is 0.254 e. The van der Waals surface area contributed by atoms with Crippen LogP contribution in [0.25, 0.3) is 0 Å². The van der Waals surface area contributed by atoms with E-state index in [4.69, 9.17) is 0 Å². The first-order valence-corrected chi connectivity index (χ1v) is 11.9. The molecule has 0 unspecified atom stereocenters. The lowest BCUT2D eigenvalue weighted by Crippen LogP contribution is -2.42. The molecule has 4 rings (SSSR count). The minimum absolute atomic E-state index is 0.00680. The van der Waals surface area contributed by atoms with Crippen molar-refractivity contribution in [1.29, 1.82) is 0 Å². The first kappa shape index (κ1) is 22.6. The number of hydrogen-bond donors (Lipinski definition) is 0. The van der Waals surface area contributed by atoms with Gasteiger partial charge in [-0.2, -0.15) is 11.3 Å². The molecular weight excluding hydrogens is 426 g/mol. The Balaban J connectivity index is 1.56. The van der Waals surface area contributed by atoms with Crippen molar-refractivity contribution in [2.24, 2.45) is 5.92 Å². The molecule has 1 aliphatic heterocycles. The zero-order valence-corrected chi connectivity index (χ0v) is 19.2. The van der Waals surface area contributed by atoms with Crippen LogP contribution in [0.5, 0.6) is 0 Å². The van der Waals surface area contributed by atoms with Gasteiger partial charge in [0.15, 0.2) is 0 Å².